The standard InChI is InChI=1S/C16H14ClIN2O/c1-2-21-13-5-3-4-12(9-13)20-15-7-6-11(18)8-14(15)19-16(20)10-17/h3-9H,2,10H2,1H3. The average Bonchev–Trinajstić information content (AvgIpc) is 2.85. The molecule has 0 aliphatic rings. The van der Waals surface area contributed by atoms with E-state index in [0.29, 0.717) is 12.5 Å². The van der Waals surface area contributed by atoms with Gasteiger partial charge in [-0.15, -0.1) is 11.6 Å². The Kier molecular flexibility index (Phi) is 4.35. The summed E-state index contributed by atoms with van der Waals surface area (Å²) in [5.74, 6) is 2.05. The zero-order valence-corrected chi connectivity index (χ0v) is 14.4. The first-order valence-electron chi connectivity index (χ1n) is 6.69. The van der Waals surface area contributed by atoms with Crippen LogP contribution in [-0.4, -0.2) is 16.2 Å². The lowest BCUT2D eigenvalue weighted by Crippen LogP contribution is -2.00. The van der Waals surface area contributed by atoms with Gasteiger partial charge in [0.05, 0.1) is 29.2 Å². The summed E-state index contributed by atoms with van der Waals surface area (Å²) in [6.07, 6.45) is 0. The quantitative estimate of drug-likeness (QED) is 0.456. The predicted octanol–water partition coefficient (Wildman–Crippen LogP) is 4.77. The molecule has 0 saturated carbocycles. The fraction of sp³-hybridized carbons (Fsp3) is 0.188. The van der Waals surface area contributed by atoms with Gasteiger partial charge in [-0.05, 0) is 59.8 Å². The normalized spacial score (nSPS) is 11.0. The van der Waals surface area contributed by atoms with Gasteiger partial charge in [-0.1, -0.05) is 6.07 Å². The minimum absolute atomic E-state index is 0.365. The monoisotopic (exact) mass is 412 g/mol. The summed E-state index contributed by atoms with van der Waals surface area (Å²) >= 11 is 8.37. The van der Waals surface area contributed by atoms with E-state index in [9.17, 15) is 0 Å². The van der Waals surface area contributed by atoms with Crippen molar-refractivity contribution in [2.24, 2.45) is 0 Å². The molecule has 0 aliphatic carbocycles. The first-order valence-corrected chi connectivity index (χ1v) is 8.30. The molecular weight excluding hydrogens is 399 g/mol. The third kappa shape index (κ3) is 2.87. The van der Waals surface area contributed by atoms with Crippen molar-refractivity contribution in [2.75, 3.05) is 6.61 Å². The van der Waals surface area contributed by atoms with Crippen LogP contribution in [0.4, 0.5) is 0 Å². The largest absolute Gasteiger partial charge is 0.494 e. The Labute approximate surface area is 142 Å². The molecule has 0 saturated heterocycles. The van der Waals surface area contributed by atoms with Crippen molar-refractivity contribution in [1.29, 1.82) is 0 Å². The van der Waals surface area contributed by atoms with Crippen LogP contribution in [0.2, 0.25) is 0 Å². The Morgan fingerprint density at radius 1 is 1.24 bits per heavy atom. The topological polar surface area (TPSA) is 27.1 Å². The third-order valence-electron chi connectivity index (χ3n) is 3.19. The van der Waals surface area contributed by atoms with E-state index in [4.69, 9.17) is 16.3 Å². The van der Waals surface area contributed by atoms with E-state index in [1.807, 2.05) is 31.2 Å². The summed E-state index contributed by atoms with van der Waals surface area (Å²) in [4.78, 5) is 4.63. The van der Waals surface area contributed by atoms with Crippen LogP contribution in [0.5, 0.6) is 5.75 Å². The Morgan fingerprint density at radius 3 is 2.86 bits per heavy atom. The van der Waals surface area contributed by atoms with Gasteiger partial charge >= 0.3 is 0 Å². The molecular formula is C16H14ClIN2O. The van der Waals surface area contributed by atoms with E-state index in [-0.39, 0.29) is 0 Å². The number of halogens is 2. The van der Waals surface area contributed by atoms with Gasteiger partial charge in [0.15, 0.2) is 0 Å². The maximum atomic E-state index is 6.08. The molecule has 0 fully saturated rings. The predicted molar refractivity (Wildman–Crippen MR) is 94.5 cm³/mol. The van der Waals surface area contributed by atoms with Crippen LogP contribution in [0.3, 0.4) is 0 Å². The van der Waals surface area contributed by atoms with Crippen LogP contribution in [0.25, 0.3) is 16.7 Å². The van der Waals surface area contributed by atoms with Gasteiger partial charge in [-0.2, -0.15) is 0 Å². The average molecular weight is 413 g/mol. The van der Waals surface area contributed by atoms with E-state index in [1.165, 1.54) is 0 Å². The number of alkyl halides is 1. The highest BCUT2D eigenvalue weighted by molar-refractivity contribution is 14.1. The number of benzene rings is 2. The molecule has 108 valence electrons. The zero-order chi connectivity index (χ0) is 14.8. The van der Waals surface area contributed by atoms with Crippen molar-refractivity contribution in [1.82, 2.24) is 9.55 Å². The molecule has 2 aromatic carbocycles. The van der Waals surface area contributed by atoms with Gasteiger partial charge in [0.25, 0.3) is 0 Å². The van der Waals surface area contributed by atoms with Crippen molar-refractivity contribution in [2.45, 2.75) is 12.8 Å². The maximum absolute atomic E-state index is 6.08. The van der Waals surface area contributed by atoms with E-state index < -0.39 is 0 Å². The molecule has 0 aliphatic heterocycles. The highest BCUT2D eigenvalue weighted by Crippen LogP contribution is 2.26. The minimum atomic E-state index is 0.365. The van der Waals surface area contributed by atoms with Crippen LogP contribution < -0.4 is 4.74 Å². The van der Waals surface area contributed by atoms with Crippen molar-refractivity contribution in [3.8, 4) is 11.4 Å². The van der Waals surface area contributed by atoms with Crippen molar-refractivity contribution in [3.05, 3.63) is 51.9 Å². The smallest absolute Gasteiger partial charge is 0.129 e. The summed E-state index contributed by atoms with van der Waals surface area (Å²) < 4.78 is 8.83. The van der Waals surface area contributed by atoms with E-state index >= 15 is 0 Å². The van der Waals surface area contributed by atoms with Crippen LogP contribution in [0.1, 0.15) is 12.7 Å². The Morgan fingerprint density at radius 2 is 2.10 bits per heavy atom. The van der Waals surface area contributed by atoms with Gasteiger partial charge in [0.1, 0.15) is 11.6 Å². The molecule has 3 nitrogen and oxygen atoms in total. The Bertz CT molecular complexity index is 785. The Balaban J connectivity index is 2.20. The second-order valence-corrected chi connectivity index (χ2v) is 6.07. The number of ether oxygens (including phenoxy) is 1. The molecule has 0 atom stereocenters. The van der Waals surface area contributed by atoms with Crippen LogP contribution in [0.15, 0.2) is 42.5 Å². The third-order valence-corrected chi connectivity index (χ3v) is 4.10. The number of nitrogens with zero attached hydrogens (tertiary/aromatic N) is 2. The van der Waals surface area contributed by atoms with Gasteiger partial charge in [-0.3, -0.25) is 4.57 Å². The number of imidazole rings is 1. The van der Waals surface area contributed by atoms with Crippen LogP contribution in [0, 0.1) is 3.57 Å². The molecule has 1 aromatic heterocycles. The number of aromatic nitrogens is 2. The number of fused-ring (bicyclic) bond motifs is 1. The zero-order valence-electron chi connectivity index (χ0n) is 11.5. The minimum Gasteiger partial charge on any atom is -0.494 e. The summed E-state index contributed by atoms with van der Waals surface area (Å²) in [7, 11) is 0. The lowest BCUT2D eigenvalue weighted by molar-refractivity contribution is 0.340. The molecule has 5 heteroatoms. The second-order valence-electron chi connectivity index (χ2n) is 4.56. The maximum Gasteiger partial charge on any atom is 0.129 e. The first kappa shape index (κ1) is 14.7. The molecule has 0 N–H and O–H groups in total. The van der Waals surface area contributed by atoms with Crippen LogP contribution in [-0.2, 0) is 5.88 Å². The second kappa shape index (κ2) is 6.23. The van der Waals surface area contributed by atoms with Crippen molar-refractivity contribution in [3.63, 3.8) is 0 Å². The fourth-order valence-corrected chi connectivity index (χ4v) is 3.01. The van der Waals surface area contributed by atoms with E-state index in [0.717, 1.165) is 31.9 Å². The highest BCUT2D eigenvalue weighted by atomic mass is 127. The summed E-state index contributed by atoms with van der Waals surface area (Å²) in [5.41, 5.74) is 3.03. The first-order chi connectivity index (χ1) is 10.2. The SMILES string of the molecule is CCOc1cccc(-n2c(CCl)nc3cc(I)ccc32)c1. The lowest BCUT2D eigenvalue weighted by atomic mass is 10.2. The van der Waals surface area contributed by atoms with Gasteiger partial charge in [0.2, 0.25) is 0 Å². The van der Waals surface area contributed by atoms with Gasteiger partial charge < -0.3 is 4.74 Å². The summed E-state index contributed by atoms with van der Waals surface area (Å²) in [6.45, 7) is 2.63. The fourth-order valence-electron chi connectivity index (χ4n) is 2.36. The molecule has 0 amide bonds. The van der Waals surface area contributed by atoms with Crippen molar-refractivity contribution < 1.29 is 4.74 Å². The molecule has 3 rings (SSSR count). The molecule has 0 unspecified atom stereocenters. The number of rotatable bonds is 4. The molecule has 3 aromatic rings. The molecule has 0 bridgehead atoms. The van der Waals surface area contributed by atoms with E-state index in [1.54, 1.807) is 0 Å². The number of hydrogen-bond donors (Lipinski definition) is 0. The van der Waals surface area contributed by atoms with Gasteiger partial charge in [-0.25, -0.2) is 4.98 Å². The molecule has 0 spiro atoms. The van der Waals surface area contributed by atoms with Crippen molar-refractivity contribution >= 4 is 45.2 Å². The molecule has 0 radical (unpaired) electrons. The van der Waals surface area contributed by atoms with Gasteiger partial charge in [0, 0.05) is 9.64 Å². The highest BCUT2D eigenvalue weighted by Gasteiger charge is 2.12. The number of hydrogen-bond acceptors (Lipinski definition) is 2. The summed E-state index contributed by atoms with van der Waals surface area (Å²) in [6, 6.07) is 14.2. The van der Waals surface area contributed by atoms with Crippen LogP contribution >= 0.6 is 34.2 Å². The summed E-state index contributed by atoms with van der Waals surface area (Å²) in [5, 5.41) is 0. The molecule has 21 heavy (non-hydrogen) atoms. The van der Waals surface area contributed by atoms with E-state index in [2.05, 4.69) is 50.3 Å². The lowest BCUT2D eigenvalue weighted by Gasteiger charge is -2.10. The Hall–Kier alpha value is -1.27. The molecule has 1 heterocycles.